The zero-order valence-electron chi connectivity index (χ0n) is 13.2. The topological polar surface area (TPSA) is 0 Å². The second-order valence-corrected chi connectivity index (χ2v) is 14.1. The van der Waals surface area contributed by atoms with E-state index in [0.717, 1.165) is 0 Å². The summed E-state index contributed by atoms with van der Waals surface area (Å²) in [7, 11) is 0. The number of hydrogen-bond donors (Lipinski definition) is 0. The Morgan fingerprint density at radius 2 is 1.42 bits per heavy atom. The summed E-state index contributed by atoms with van der Waals surface area (Å²) < 4.78 is 0.902. The van der Waals surface area contributed by atoms with E-state index in [0.29, 0.717) is 6.34 Å². The minimum absolute atomic E-state index is 0.433. The van der Waals surface area contributed by atoms with Gasteiger partial charge in [0.15, 0.2) is 0 Å². The fraction of sp³-hybridized carbons (Fsp3) is 0.556. The molecule has 0 fully saturated rings. The Morgan fingerprint density at radius 1 is 0.947 bits per heavy atom. The summed E-state index contributed by atoms with van der Waals surface area (Å²) >= 11 is -0.903. The quantitative estimate of drug-likeness (QED) is 0.488. The van der Waals surface area contributed by atoms with E-state index in [2.05, 4.69) is 65.8 Å². The molecule has 0 unspecified atom stereocenters. The molecular weight excluding hydrogens is 395 g/mol. The molecule has 2 rings (SSSR count). The number of rotatable bonds is 4. The molecule has 0 aliphatic heterocycles. The van der Waals surface area contributed by atoms with Gasteiger partial charge in [0.1, 0.15) is 0 Å². The Balaban J connectivity index is 2.37. The number of allylic oxidation sites excluding steroid dienone is 8. The van der Waals surface area contributed by atoms with Crippen LogP contribution in [0, 0.1) is 0 Å². The van der Waals surface area contributed by atoms with Gasteiger partial charge in [0.05, 0.1) is 0 Å². The third kappa shape index (κ3) is 2.44. The van der Waals surface area contributed by atoms with Gasteiger partial charge in [-0.2, -0.15) is 0 Å². The third-order valence-electron chi connectivity index (χ3n) is 5.23. The molecule has 0 atom stereocenters. The molecule has 0 saturated carbocycles. The molecule has 0 aromatic heterocycles. The Hall–Kier alpha value is -0.170. The van der Waals surface area contributed by atoms with Crippen molar-refractivity contribution >= 4 is 0 Å². The molecule has 2 aliphatic rings. The van der Waals surface area contributed by atoms with E-state index in [-0.39, 0.29) is 0 Å². The summed E-state index contributed by atoms with van der Waals surface area (Å²) in [5, 5.41) is 0. The van der Waals surface area contributed by atoms with Crippen molar-refractivity contribution in [2.24, 2.45) is 0 Å². The van der Waals surface area contributed by atoms with Gasteiger partial charge in [0, 0.05) is 0 Å². The monoisotopic (exact) mass is 422 g/mol. The van der Waals surface area contributed by atoms with Crippen LogP contribution in [-0.4, -0.2) is 0 Å². The number of hydrogen-bond acceptors (Lipinski definition) is 0. The Kier molecular flexibility index (Phi) is 4.26. The van der Waals surface area contributed by atoms with Crippen LogP contribution in [0.15, 0.2) is 46.6 Å². The normalized spacial score (nSPS) is 23.7. The molecule has 0 radical (unpaired) electrons. The van der Waals surface area contributed by atoms with E-state index in [1.807, 2.05) is 0 Å². The Bertz CT molecular complexity index is 464. The molecule has 102 valence electrons. The van der Waals surface area contributed by atoms with Gasteiger partial charge < -0.3 is 0 Å². The Labute approximate surface area is 130 Å². The van der Waals surface area contributed by atoms with Crippen molar-refractivity contribution in [1.82, 2.24) is 0 Å². The van der Waals surface area contributed by atoms with Crippen molar-refractivity contribution in [3.05, 3.63) is 46.6 Å². The third-order valence-corrected chi connectivity index (χ3v) is 13.5. The van der Waals surface area contributed by atoms with Crippen LogP contribution < -0.4 is 0 Å². The molecule has 0 aromatic carbocycles. The van der Waals surface area contributed by atoms with Crippen LogP contribution in [0.4, 0.5) is 0 Å². The first kappa shape index (κ1) is 15.2. The maximum absolute atomic E-state index is 2.53. The summed E-state index contributed by atoms with van der Waals surface area (Å²) in [6.07, 6.45) is 12.2. The van der Waals surface area contributed by atoms with Gasteiger partial charge >= 0.3 is 130 Å². The standard InChI is InChI=1S/C10H15.C8H11.Hf/c1-6-7(2)9(4)10(5)8(6)3;1-2-5-8-6-3-4-7-8;/h1-5H3;3-4,6-7H,2,5H2,1H3;. The van der Waals surface area contributed by atoms with E-state index >= 15 is 0 Å². The Morgan fingerprint density at radius 3 is 1.84 bits per heavy atom. The van der Waals surface area contributed by atoms with Crippen LogP contribution in [0.2, 0.25) is 6.34 Å². The molecule has 0 saturated heterocycles. The average molecular weight is 421 g/mol. The first-order chi connectivity index (χ1) is 8.86. The minimum atomic E-state index is -0.903. The first-order valence-electron chi connectivity index (χ1n) is 7.39. The van der Waals surface area contributed by atoms with Crippen molar-refractivity contribution in [2.45, 2.75) is 60.7 Å². The molecule has 0 spiro atoms. The second kappa shape index (κ2) is 5.31. The predicted octanol–water partition coefficient (Wildman–Crippen LogP) is 6.02. The molecule has 0 bridgehead atoms. The van der Waals surface area contributed by atoms with Gasteiger partial charge in [-0.3, -0.25) is 0 Å². The van der Waals surface area contributed by atoms with E-state index in [1.54, 1.807) is 22.3 Å². The van der Waals surface area contributed by atoms with Crippen molar-refractivity contribution in [2.75, 3.05) is 0 Å². The van der Waals surface area contributed by atoms with E-state index < -0.39 is 22.9 Å². The maximum atomic E-state index is 2.53. The summed E-state index contributed by atoms with van der Waals surface area (Å²) in [6, 6.07) is 0. The van der Waals surface area contributed by atoms with Gasteiger partial charge in [0.2, 0.25) is 0 Å². The van der Waals surface area contributed by atoms with E-state index in [9.17, 15) is 0 Å². The fourth-order valence-corrected chi connectivity index (χ4v) is 12.2. The SMILES string of the molecule is CCC[C]1([Hf][C]2(C)C(C)=C(C)C(C)=C2C)C=CC=C1. The van der Waals surface area contributed by atoms with Crippen molar-refractivity contribution < 1.29 is 22.9 Å². The molecule has 0 N–H and O–H groups in total. The van der Waals surface area contributed by atoms with Crippen LogP contribution in [-0.2, 0) is 22.9 Å². The molecule has 19 heavy (non-hydrogen) atoms. The van der Waals surface area contributed by atoms with Crippen LogP contribution in [0.5, 0.6) is 0 Å². The molecular formula is C18H26Hf. The van der Waals surface area contributed by atoms with E-state index in [4.69, 9.17) is 0 Å². The van der Waals surface area contributed by atoms with Gasteiger partial charge in [-0.1, -0.05) is 0 Å². The summed E-state index contributed by atoms with van der Waals surface area (Å²) in [5.74, 6) is 0. The molecule has 0 amide bonds. The van der Waals surface area contributed by atoms with Crippen molar-refractivity contribution in [3.8, 4) is 0 Å². The van der Waals surface area contributed by atoms with E-state index in [1.165, 1.54) is 12.8 Å². The van der Waals surface area contributed by atoms with Gasteiger partial charge in [-0.25, -0.2) is 0 Å². The molecule has 0 nitrogen and oxygen atoms in total. The molecule has 2 aliphatic carbocycles. The average Bonchev–Trinajstić information content (AvgIpc) is 2.87. The zero-order valence-corrected chi connectivity index (χ0v) is 16.8. The van der Waals surface area contributed by atoms with Gasteiger partial charge in [-0.05, 0) is 0 Å². The molecule has 0 aromatic rings. The summed E-state index contributed by atoms with van der Waals surface area (Å²) in [6.45, 7) is 14.2. The summed E-state index contributed by atoms with van der Waals surface area (Å²) in [4.78, 5) is 0. The fourth-order valence-electron chi connectivity index (χ4n) is 3.48. The van der Waals surface area contributed by atoms with Gasteiger partial charge in [-0.15, -0.1) is 0 Å². The van der Waals surface area contributed by atoms with Crippen molar-refractivity contribution in [3.63, 3.8) is 0 Å². The first-order valence-corrected chi connectivity index (χ1v) is 11.0. The van der Waals surface area contributed by atoms with Gasteiger partial charge in [0.25, 0.3) is 0 Å². The van der Waals surface area contributed by atoms with Crippen molar-refractivity contribution in [1.29, 1.82) is 0 Å². The van der Waals surface area contributed by atoms with Crippen LogP contribution in [0.3, 0.4) is 0 Å². The zero-order chi connectivity index (χ0) is 14.3. The molecule has 1 heteroatoms. The summed E-state index contributed by atoms with van der Waals surface area (Å²) in [5.41, 5.74) is 6.44. The van der Waals surface area contributed by atoms with Crippen LogP contribution in [0.25, 0.3) is 0 Å². The van der Waals surface area contributed by atoms with Crippen LogP contribution in [0.1, 0.15) is 54.4 Å². The predicted molar refractivity (Wildman–Crippen MR) is 81.0 cm³/mol. The molecule has 0 heterocycles. The van der Waals surface area contributed by atoms with Crippen LogP contribution >= 0.6 is 0 Å². The second-order valence-electron chi connectivity index (χ2n) is 6.26.